The normalized spacial score (nSPS) is 22.3. The Morgan fingerprint density at radius 2 is 1.74 bits per heavy atom. The van der Waals surface area contributed by atoms with Crippen molar-refractivity contribution in [2.75, 3.05) is 17.3 Å². The number of fused-ring (bicyclic) bond motifs is 1. The van der Waals surface area contributed by atoms with Crippen LogP contribution in [0.1, 0.15) is 32.1 Å². The highest BCUT2D eigenvalue weighted by Crippen LogP contribution is 2.31. The van der Waals surface area contributed by atoms with Gasteiger partial charge in [-0.2, -0.15) is 0 Å². The third-order valence-electron chi connectivity index (χ3n) is 5.69. The Morgan fingerprint density at radius 3 is 2.44 bits per heavy atom. The Bertz CT molecular complexity index is 935. The summed E-state index contributed by atoms with van der Waals surface area (Å²) in [5.41, 5.74) is 0. The van der Waals surface area contributed by atoms with Gasteiger partial charge in [0.15, 0.2) is 9.84 Å². The molecular formula is C21H25NO3S2. The highest BCUT2D eigenvalue weighted by Gasteiger charge is 2.38. The van der Waals surface area contributed by atoms with E-state index in [2.05, 4.69) is 30.3 Å². The van der Waals surface area contributed by atoms with Gasteiger partial charge in [0, 0.05) is 17.0 Å². The summed E-state index contributed by atoms with van der Waals surface area (Å²) in [7, 11) is -3.00. The molecule has 2 fully saturated rings. The summed E-state index contributed by atoms with van der Waals surface area (Å²) >= 11 is 1.55. The van der Waals surface area contributed by atoms with Gasteiger partial charge < -0.3 is 4.90 Å². The van der Waals surface area contributed by atoms with Gasteiger partial charge in [0.2, 0.25) is 5.91 Å². The first kappa shape index (κ1) is 18.8. The van der Waals surface area contributed by atoms with Crippen molar-refractivity contribution >= 4 is 38.3 Å². The number of hydrogen-bond acceptors (Lipinski definition) is 4. The minimum atomic E-state index is -3.00. The van der Waals surface area contributed by atoms with Gasteiger partial charge in [-0.1, -0.05) is 43.2 Å². The van der Waals surface area contributed by atoms with Crippen molar-refractivity contribution in [1.29, 1.82) is 0 Å². The van der Waals surface area contributed by atoms with Gasteiger partial charge in [0.1, 0.15) is 0 Å². The first-order valence-corrected chi connectivity index (χ1v) is 12.5. The molecule has 6 heteroatoms. The summed E-state index contributed by atoms with van der Waals surface area (Å²) in [6.45, 7) is 0. The molecule has 2 aliphatic rings. The van der Waals surface area contributed by atoms with Crippen LogP contribution in [0.5, 0.6) is 0 Å². The molecule has 1 heterocycles. The first-order valence-electron chi connectivity index (χ1n) is 9.65. The SMILES string of the molecule is O=C(CSc1ccc2ccccc2c1)N(C1CCCC1)C1CCS(=O)(=O)C1. The molecular weight excluding hydrogens is 378 g/mol. The number of carbonyl (C=O) groups excluding carboxylic acids is 1. The number of hydrogen-bond donors (Lipinski definition) is 0. The number of amides is 1. The standard InChI is InChI=1S/C21H25NO3S2/c23-21(14-26-20-10-9-16-5-1-2-6-17(16)13-20)22(18-7-3-4-8-18)19-11-12-27(24,25)15-19/h1-2,5-6,9-10,13,18-19H,3-4,7-8,11-12,14-15H2. The van der Waals surface area contributed by atoms with E-state index in [9.17, 15) is 13.2 Å². The Hall–Kier alpha value is -1.53. The van der Waals surface area contributed by atoms with Gasteiger partial charge in [-0.05, 0) is 42.2 Å². The summed E-state index contributed by atoms with van der Waals surface area (Å²) in [6, 6.07) is 14.5. The lowest BCUT2D eigenvalue weighted by Crippen LogP contribution is -2.47. The van der Waals surface area contributed by atoms with Crippen molar-refractivity contribution in [1.82, 2.24) is 4.90 Å². The number of carbonyl (C=O) groups is 1. The van der Waals surface area contributed by atoms with Crippen LogP contribution in [0, 0.1) is 0 Å². The van der Waals surface area contributed by atoms with E-state index in [1.54, 1.807) is 11.8 Å². The van der Waals surface area contributed by atoms with E-state index in [-0.39, 0.29) is 29.5 Å². The fourth-order valence-electron chi connectivity index (χ4n) is 4.36. The molecule has 4 nitrogen and oxygen atoms in total. The molecule has 1 atom stereocenters. The van der Waals surface area contributed by atoms with Crippen LogP contribution in [0.2, 0.25) is 0 Å². The topological polar surface area (TPSA) is 54.5 Å². The molecule has 2 aromatic carbocycles. The lowest BCUT2D eigenvalue weighted by molar-refractivity contribution is -0.132. The third-order valence-corrected chi connectivity index (χ3v) is 8.42. The first-order chi connectivity index (χ1) is 13.0. The zero-order valence-electron chi connectivity index (χ0n) is 15.3. The fraction of sp³-hybridized carbons (Fsp3) is 0.476. The molecule has 0 N–H and O–H groups in total. The van der Waals surface area contributed by atoms with Crippen LogP contribution < -0.4 is 0 Å². The number of benzene rings is 2. The molecule has 0 bridgehead atoms. The van der Waals surface area contributed by atoms with Crippen molar-refractivity contribution < 1.29 is 13.2 Å². The van der Waals surface area contributed by atoms with Gasteiger partial charge in [0.25, 0.3) is 0 Å². The van der Waals surface area contributed by atoms with Crippen LogP contribution in [-0.2, 0) is 14.6 Å². The predicted octanol–water partition coefficient (Wildman–Crippen LogP) is 3.89. The largest absolute Gasteiger partial charge is 0.335 e. The lowest BCUT2D eigenvalue weighted by Gasteiger charge is -2.34. The number of sulfone groups is 1. The summed E-state index contributed by atoms with van der Waals surface area (Å²) in [4.78, 5) is 16.1. The molecule has 144 valence electrons. The second-order valence-corrected chi connectivity index (χ2v) is 10.9. The molecule has 0 spiro atoms. The summed E-state index contributed by atoms with van der Waals surface area (Å²) in [6.07, 6.45) is 4.86. The molecule has 1 aliphatic carbocycles. The van der Waals surface area contributed by atoms with Gasteiger partial charge >= 0.3 is 0 Å². The number of nitrogens with zero attached hydrogens (tertiary/aromatic N) is 1. The summed E-state index contributed by atoms with van der Waals surface area (Å²) in [5.74, 6) is 0.801. The van der Waals surface area contributed by atoms with E-state index >= 15 is 0 Å². The second kappa shape index (κ2) is 7.84. The van der Waals surface area contributed by atoms with Crippen molar-refractivity contribution in [3.63, 3.8) is 0 Å². The highest BCUT2D eigenvalue weighted by molar-refractivity contribution is 8.00. The quantitative estimate of drug-likeness (QED) is 0.711. The monoisotopic (exact) mass is 403 g/mol. The van der Waals surface area contributed by atoms with Crippen molar-refractivity contribution in [3.05, 3.63) is 42.5 Å². The molecule has 2 aromatic rings. The molecule has 1 amide bonds. The number of rotatable bonds is 5. The van der Waals surface area contributed by atoms with Crippen molar-refractivity contribution in [2.24, 2.45) is 0 Å². The molecule has 0 aromatic heterocycles. The van der Waals surface area contributed by atoms with Gasteiger partial charge in [0.05, 0.1) is 17.3 Å². The maximum atomic E-state index is 13.1. The van der Waals surface area contributed by atoms with E-state index in [4.69, 9.17) is 0 Å². The Morgan fingerprint density at radius 1 is 1.00 bits per heavy atom. The second-order valence-electron chi connectivity index (χ2n) is 7.59. The fourth-order valence-corrected chi connectivity index (χ4v) is 6.88. The predicted molar refractivity (Wildman–Crippen MR) is 111 cm³/mol. The van der Waals surface area contributed by atoms with Gasteiger partial charge in [-0.15, -0.1) is 11.8 Å². The number of thioether (sulfide) groups is 1. The average molecular weight is 404 g/mol. The van der Waals surface area contributed by atoms with Crippen LogP contribution >= 0.6 is 11.8 Å². The Kier molecular flexibility index (Phi) is 5.46. The minimum Gasteiger partial charge on any atom is -0.335 e. The molecule has 0 radical (unpaired) electrons. The van der Waals surface area contributed by atoms with E-state index in [1.807, 2.05) is 17.0 Å². The smallest absolute Gasteiger partial charge is 0.233 e. The highest BCUT2D eigenvalue weighted by atomic mass is 32.2. The summed E-state index contributed by atoms with van der Waals surface area (Å²) < 4.78 is 23.9. The van der Waals surface area contributed by atoms with Crippen LogP contribution in [0.4, 0.5) is 0 Å². The lowest BCUT2D eigenvalue weighted by atomic mass is 10.1. The van der Waals surface area contributed by atoms with E-state index in [1.165, 1.54) is 10.8 Å². The summed E-state index contributed by atoms with van der Waals surface area (Å²) in [5, 5.41) is 2.36. The zero-order valence-corrected chi connectivity index (χ0v) is 17.0. The molecule has 1 saturated heterocycles. The maximum Gasteiger partial charge on any atom is 0.233 e. The molecule has 27 heavy (non-hydrogen) atoms. The Labute approximate surface area is 165 Å². The van der Waals surface area contributed by atoms with Crippen molar-refractivity contribution in [2.45, 2.75) is 49.1 Å². The van der Waals surface area contributed by atoms with Gasteiger partial charge in [-0.3, -0.25) is 4.79 Å². The zero-order chi connectivity index (χ0) is 18.9. The van der Waals surface area contributed by atoms with Gasteiger partial charge in [-0.25, -0.2) is 8.42 Å². The molecule has 1 unspecified atom stereocenters. The van der Waals surface area contributed by atoms with Crippen molar-refractivity contribution in [3.8, 4) is 0 Å². The molecule has 1 saturated carbocycles. The van der Waals surface area contributed by atoms with E-state index in [0.29, 0.717) is 12.2 Å². The Balaban J connectivity index is 1.47. The average Bonchev–Trinajstić information content (AvgIpc) is 3.30. The molecule has 1 aliphatic heterocycles. The van der Waals surface area contributed by atoms with E-state index in [0.717, 1.165) is 30.6 Å². The minimum absolute atomic E-state index is 0.0853. The maximum absolute atomic E-state index is 13.1. The van der Waals surface area contributed by atoms with Crippen LogP contribution in [-0.4, -0.2) is 48.6 Å². The van der Waals surface area contributed by atoms with Crippen LogP contribution in [0.3, 0.4) is 0 Å². The van der Waals surface area contributed by atoms with Crippen LogP contribution in [0.25, 0.3) is 10.8 Å². The van der Waals surface area contributed by atoms with Crippen LogP contribution in [0.15, 0.2) is 47.4 Å². The van der Waals surface area contributed by atoms with E-state index < -0.39 is 9.84 Å². The molecule has 4 rings (SSSR count). The third kappa shape index (κ3) is 4.32.